The first kappa shape index (κ1) is 22.0. The Morgan fingerprint density at radius 3 is 2.67 bits per heavy atom. The highest BCUT2D eigenvalue weighted by Crippen LogP contribution is 2.31. The van der Waals surface area contributed by atoms with Crippen LogP contribution in [-0.4, -0.2) is 34.7 Å². The van der Waals surface area contributed by atoms with Gasteiger partial charge in [0.2, 0.25) is 0 Å². The maximum absolute atomic E-state index is 14.0. The van der Waals surface area contributed by atoms with Gasteiger partial charge in [0.15, 0.2) is 0 Å². The van der Waals surface area contributed by atoms with Gasteiger partial charge in [0, 0.05) is 29.1 Å². The molecule has 1 aromatic carbocycles. The second-order valence-corrected chi connectivity index (χ2v) is 8.75. The van der Waals surface area contributed by atoms with E-state index in [0.29, 0.717) is 6.42 Å². The summed E-state index contributed by atoms with van der Waals surface area (Å²) in [5.74, 6) is -0.0347. The van der Waals surface area contributed by atoms with Crippen molar-refractivity contribution in [3.05, 3.63) is 57.6 Å². The SMILES string of the molecule is Cc1nn(C/C(F)=C/CN)c(C(C)C)c1Cc1ccc(SN(C)C)c(Cl)c1. The normalized spacial score (nSPS) is 12.4. The van der Waals surface area contributed by atoms with Crippen LogP contribution in [0, 0.1) is 6.92 Å². The van der Waals surface area contributed by atoms with E-state index in [9.17, 15) is 4.39 Å². The van der Waals surface area contributed by atoms with Gasteiger partial charge in [-0.05, 0) is 62.7 Å². The van der Waals surface area contributed by atoms with Crippen molar-refractivity contribution >= 4 is 23.5 Å². The lowest BCUT2D eigenvalue weighted by atomic mass is 9.97. The van der Waals surface area contributed by atoms with Crippen LogP contribution < -0.4 is 5.73 Å². The van der Waals surface area contributed by atoms with E-state index >= 15 is 0 Å². The molecule has 0 fully saturated rings. The van der Waals surface area contributed by atoms with Crippen molar-refractivity contribution in [3.8, 4) is 0 Å². The molecule has 0 aliphatic carbocycles. The van der Waals surface area contributed by atoms with Crippen LogP contribution >= 0.6 is 23.5 Å². The maximum atomic E-state index is 14.0. The Labute approximate surface area is 170 Å². The van der Waals surface area contributed by atoms with Crippen LogP contribution in [-0.2, 0) is 13.0 Å². The fraction of sp³-hybridized carbons (Fsp3) is 0.450. The second-order valence-electron chi connectivity index (χ2n) is 6.99. The Kier molecular flexibility index (Phi) is 7.91. The highest BCUT2D eigenvalue weighted by atomic mass is 35.5. The van der Waals surface area contributed by atoms with Crippen molar-refractivity contribution in [1.29, 1.82) is 0 Å². The van der Waals surface area contributed by atoms with E-state index in [1.165, 1.54) is 6.08 Å². The van der Waals surface area contributed by atoms with E-state index in [0.717, 1.165) is 32.4 Å². The first-order chi connectivity index (χ1) is 12.7. The second kappa shape index (κ2) is 9.73. The fourth-order valence-electron chi connectivity index (χ4n) is 3.09. The van der Waals surface area contributed by atoms with Gasteiger partial charge in [0.05, 0.1) is 17.3 Å². The lowest BCUT2D eigenvalue weighted by Crippen LogP contribution is -2.09. The van der Waals surface area contributed by atoms with Crippen LogP contribution in [0.1, 0.15) is 42.3 Å². The highest BCUT2D eigenvalue weighted by molar-refractivity contribution is 7.97. The molecule has 0 atom stereocenters. The molecule has 0 unspecified atom stereocenters. The lowest BCUT2D eigenvalue weighted by molar-refractivity contribution is 0.504. The van der Waals surface area contributed by atoms with Crippen LogP contribution in [0.25, 0.3) is 0 Å². The highest BCUT2D eigenvalue weighted by Gasteiger charge is 2.19. The third-order valence-corrected chi connectivity index (χ3v) is 5.48. The summed E-state index contributed by atoms with van der Waals surface area (Å²) in [4.78, 5) is 1.02. The molecule has 2 aromatic rings. The van der Waals surface area contributed by atoms with Crippen molar-refractivity contribution in [2.75, 3.05) is 20.6 Å². The third-order valence-electron chi connectivity index (χ3n) is 4.14. The smallest absolute Gasteiger partial charge is 0.119 e. The minimum absolute atomic E-state index is 0.116. The predicted molar refractivity (Wildman–Crippen MR) is 113 cm³/mol. The van der Waals surface area contributed by atoms with Crippen molar-refractivity contribution < 1.29 is 4.39 Å². The molecule has 1 aromatic heterocycles. The Bertz CT molecular complexity index is 815. The van der Waals surface area contributed by atoms with Gasteiger partial charge < -0.3 is 5.73 Å². The molecule has 2 rings (SSSR count). The molecular formula is C20H28ClFN4S. The van der Waals surface area contributed by atoms with Crippen molar-refractivity contribution in [2.24, 2.45) is 5.73 Å². The van der Waals surface area contributed by atoms with Crippen LogP contribution in [0.3, 0.4) is 0 Å². The van der Waals surface area contributed by atoms with Gasteiger partial charge >= 0.3 is 0 Å². The molecule has 0 bridgehead atoms. The number of benzene rings is 1. The summed E-state index contributed by atoms with van der Waals surface area (Å²) in [6, 6.07) is 6.14. The zero-order valence-electron chi connectivity index (χ0n) is 16.6. The minimum atomic E-state index is -0.262. The zero-order chi connectivity index (χ0) is 20.1. The van der Waals surface area contributed by atoms with Crippen LogP contribution in [0.2, 0.25) is 5.02 Å². The van der Waals surface area contributed by atoms with E-state index in [-0.39, 0.29) is 24.8 Å². The van der Waals surface area contributed by atoms with Gasteiger partial charge in [-0.3, -0.25) is 8.99 Å². The van der Waals surface area contributed by atoms with E-state index < -0.39 is 0 Å². The van der Waals surface area contributed by atoms with Crippen LogP contribution in [0.5, 0.6) is 0 Å². The monoisotopic (exact) mass is 410 g/mol. The number of allylic oxidation sites excluding steroid dienone is 1. The largest absolute Gasteiger partial charge is 0.327 e. The Hall–Kier alpha value is -1.34. The van der Waals surface area contributed by atoms with E-state index in [4.69, 9.17) is 17.3 Å². The van der Waals surface area contributed by atoms with Gasteiger partial charge in [-0.1, -0.05) is 31.5 Å². The molecule has 0 saturated carbocycles. The van der Waals surface area contributed by atoms with Crippen LogP contribution in [0.4, 0.5) is 4.39 Å². The minimum Gasteiger partial charge on any atom is -0.327 e. The van der Waals surface area contributed by atoms with Gasteiger partial charge in [-0.25, -0.2) is 4.39 Å². The number of halogens is 2. The molecule has 0 saturated heterocycles. The Morgan fingerprint density at radius 1 is 1.41 bits per heavy atom. The summed E-state index contributed by atoms with van der Waals surface area (Å²) >= 11 is 8.05. The van der Waals surface area contributed by atoms with Gasteiger partial charge in [0.25, 0.3) is 0 Å². The van der Waals surface area contributed by atoms with E-state index in [1.54, 1.807) is 16.6 Å². The molecule has 0 aliphatic heterocycles. The molecule has 0 amide bonds. The summed E-state index contributed by atoms with van der Waals surface area (Å²) in [7, 11) is 3.97. The molecule has 0 spiro atoms. The van der Waals surface area contributed by atoms with Crippen molar-refractivity contribution in [2.45, 2.75) is 44.6 Å². The zero-order valence-corrected chi connectivity index (χ0v) is 18.2. The average Bonchev–Trinajstić information content (AvgIpc) is 2.85. The first-order valence-electron chi connectivity index (χ1n) is 8.97. The summed E-state index contributed by atoms with van der Waals surface area (Å²) < 4.78 is 17.8. The fourth-order valence-corrected chi connectivity index (χ4v) is 4.06. The number of hydrogen-bond donors (Lipinski definition) is 1. The van der Waals surface area contributed by atoms with Gasteiger partial charge in [-0.15, -0.1) is 0 Å². The Balaban J connectivity index is 2.34. The maximum Gasteiger partial charge on any atom is 0.119 e. The molecule has 2 N–H and O–H groups in total. The number of aryl methyl sites for hydroxylation is 1. The summed E-state index contributed by atoms with van der Waals surface area (Å²) in [6.45, 7) is 6.48. The number of rotatable bonds is 8. The van der Waals surface area contributed by atoms with E-state index in [2.05, 4.69) is 25.0 Å². The van der Waals surface area contributed by atoms with Gasteiger partial charge in [0.1, 0.15) is 5.83 Å². The Morgan fingerprint density at radius 2 is 2.11 bits per heavy atom. The molecule has 4 nitrogen and oxygen atoms in total. The molecule has 7 heteroatoms. The number of nitrogens with two attached hydrogens (primary N) is 1. The lowest BCUT2D eigenvalue weighted by Gasteiger charge is -2.14. The molecule has 148 valence electrons. The van der Waals surface area contributed by atoms with Crippen molar-refractivity contribution in [3.63, 3.8) is 0 Å². The molecule has 1 heterocycles. The van der Waals surface area contributed by atoms with Gasteiger partial charge in [-0.2, -0.15) is 5.10 Å². The number of hydrogen-bond acceptors (Lipinski definition) is 4. The predicted octanol–water partition coefficient (Wildman–Crippen LogP) is 4.94. The third kappa shape index (κ3) is 5.82. The molecule has 27 heavy (non-hydrogen) atoms. The topological polar surface area (TPSA) is 47.1 Å². The first-order valence-corrected chi connectivity index (χ1v) is 10.1. The standard InChI is InChI=1S/C20H28ClFN4S/c1-13(2)20-17(14(3)24-26(20)12-16(22)8-9-23)10-15-6-7-19(18(21)11-15)27-25(4)5/h6-8,11,13H,9-10,12,23H2,1-5H3/b16-8-. The quantitative estimate of drug-likeness (QED) is 0.626. The van der Waals surface area contributed by atoms with Crippen LogP contribution in [0.15, 0.2) is 35.0 Å². The molecule has 0 radical (unpaired) electrons. The van der Waals surface area contributed by atoms with Crippen molar-refractivity contribution in [1.82, 2.24) is 14.1 Å². The summed E-state index contributed by atoms with van der Waals surface area (Å²) in [5, 5.41) is 5.32. The average molecular weight is 411 g/mol. The van der Waals surface area contributed by atoms with E-state index in [1.807, 2.05) is 37.5 Å². The molecular weight excluding hydrogens is 383 g/mol. The summed E-state index contributed by atoms with van der Waals surface area (Å²) in [6.07, 6.45) is 2.11. The number of aromatic nitrogens is 2. The number of nitrogens with zero attached hydrogens (tertiary/aromatic N) is 3. The molecule has 0 aliphatic rings. The summed E-state index contributed by atoms with van der Waals surface area (Å²) in [5.41, 5.74) is 9.63.